The first-order valence-electron chi connectivity index (χ1n) is 14.8. The van der Waals surface area contributed by atoms with Crippen molar-refractivity contribution in [3.63, 3.8) is 0 Å². The molecule has 0 radical (unpaired) electrons. The van der Waals surface area contributed by atoms with E-state index in [4.69, 9.17) is 30.5 Å². The smallest absolute Gasteiger partial charge is 0.265 e. The van der Waals surface area contributed by atoms with Gasteiger partial charge in [0.25, 0.3) is 10.0 Å². The maximum absolute atomic E-state index is 14.4. The van der Waals surface area contributed by atoms with Crippen LogP contribution in [0, 0.1) is 0 Å². The summed E-state index contributed by atoms with van der Waals surface area (Å²) in [7, 11) is 1.22. The molecule has 1 fully saturated rings. The number of benzene rings is 3. The minimum Gasteiger partial charge on any atom is -0.497 e. The van der Waals surface area contributed by atoms with E-state index in [9.17, 15) is 18.0 Å². The average molecular weight is 674 g/mol. The molecule has 1 aliphatic rings. The molecule has 3 aromatic carbocycles. The number of carbonyl (C=O) groups excluding carboxylic acids is 2. The summed E-state index contributed by atoms with van der Waals surface area (Å²) >= 11 is 6.48. The normalized spacial score (nSPS) is 13.9. The topological polar surface area (TPSA) is 124 Å². The molecule has 1 N–H and O–H groups in total. The highest BCUT2D eigenvalue weighted by Gasteiger charge is 2.35. The zero-order chi connectivity index (χ0) is 33.4. The molecule has 0 bridgehead atoms. The van der Waals surface area contributed by atoms with Gasteiger partial charge in [0.15, 0.2) is 11.5 Å². The summed E-state index contributed by atoms with van der Waals surface area (Å²) < 4.78 is 51.4. The zero-order valence-electron chi connectivity index (χ0n) is 26.6. The van der Waals surface area contributed by atoms with E-state index >= 15 is 0 Å². The Balaban J connectivity index is 1.80. The summed E-state index contributed by atoms with van der Waals surface area (Å²) in [5, 5.41) is 3.46. The van der Waals surface area contributed by atoms with E-state index in [0.29, 0.717) is 22.1 Å². The molecule has 1 saturated carbocycles. The van der Waals surface area contributed by atoms with E-state index in [0.717, 1.165) is 30.0 Å². The second kappa shape index (κ2) is 15.4. The first kappa shape index (κ1) is 34.7. The third-order valence-corrected chi connectivity index (χ3v) is 10.2. The van der Waals surface area contributed by atoms with Crippen LogP contribution in [0.1, 0.15) is 38.2 Å². The van der Waals surface area contributed by atoms with Crippen LogP contribution >= 0.6 is 11.6 Å². The van der Waals surface area contributed by atoms with Crippen LogP contribution in [0.4, 0.5) is 5.69 Å². The minimum atomic E-state index is -4.46. The second-order valence-electron chi connectivity index (χ2n) is 10.8. The van der Waals surface area contributed by atoms with Gasteiger partial charge in [-0.15, -0.1) is 0 Å². The lowest BCUT2D eigenvalue weighted by molar-refractivity contribution is -0.139. The Hall–Kier alpha value is -4.16. The molecule has 11 nitrogen and oxygen atoms in total. The second-order valence-corrected chi connectivity index (χ2v) is 13.1. The van der Waals surface area contributed by atoms with Crippen LogP contribution < -0.4 is 28.6 Å². The Morgan fingerprint density at radius 3 is 2.17 bits per heavy atom. The van der Waals surface area contributed by atoms with Gasteiger partial charge in [-0.3, -0.25) is 13.9 Å². The summed E-state index contributed by atoms with van der Waals surface area (Å²) in [6.45, 7) is 0.918. The highest BCUT2D eigenvalue weighted by molar-refractivity contribution is 7.92. The number of carbonyl (C=O) groups is 2. The average Bonchev–Trinajstić information content (AvgIpc) is 3.58. The number of hydrogen-bond acceptors (Lipinski definition) is 8. The fourth-order valence-electron chi connectivity index (χ4n) is 5.39. The number of nitrogens with zero attached hydrogens (tertiary/aromatic N) is 2. The Morgan fingerprint density at radius 1 is 0.891 bits per heavy atom. The van der Waals surface area contributed by atoms with Gasteiger partial charge < -0.3 is 29.2 Å². The Kier molecular flexibility index (Phi) is 11.6. The number of anilines is 1. The molecular weight excluding hydrogens is 634 g/mol. The van der Waals surface area contributed by atoms with Crippen molar-refractivity contribution in [3.05, 3.63) is 71.2 Å². The standard InChI is InChI=1S/C33H40ClN3O8S/c1-22(33(39)35-24-11-7-8-12-24)36(20-23-10-6-9-13-27(23)34)32(38)21-37(28-18-25(42-2)14-16-29(28)43-3)46(40,41)26-15-17-30(44-4)31(19-26)45-5/h6,9-10,13-19,22,24H,7-8,11-12,20-21H2,1-5H3,(H,35,39)/t22-/m1/s1. The van der Waals surface area contributed by atoms with Crippen molar-refractivity contribution < 1.29 is 37.0 Å². The summed E-state index contributed by atoms with van der Waals surface area (Å²) in [4.78, 5) is 29.0. The molecule has 4 rings (SSSR count). The van der Waals surface area contributed by atoms with Crippen molar-refractivity contribution in [2.45, 2.75) is 56.1 Å². The molecule has 2 amide bonds. The van der Waals surface area contributed by atoms with Crippen molar-refractivity contribution in [2.24, 2.45) is 0 Å². The third kappa shape index (κ3) is 7.79. The number of hydrogen-bond donors (Lipinski definition) is 1. The summed E-state index contributed by atoms with van der Waals surface area (Å²) in [5.74, 6) is 0.0693. The molecule has 0 spiro atoms. The van der Waals surface area contributed by atoms with E-state index in [1.807, 2.05) is 0 Å². The molecule has 0 aromatic heterocycles. The lowest BCUT2D eigenvalue weighted by Gasteiger charge is -2.33. The Bertz CT molecular complexity index is 1650. The van der Waals surface area contributed by atoms with E-state index in [2.05, 4.69) is 5.32 Å². The number of nitrogens with one attached hydrogen (secondary N) is 1. The van der Waals surface area contributed by atoms with Gasteiger partial charge in [-0.2, -0.15) is 0 Å². The number of halogens is 1. The van der Waals surface area contributed by atoms with Crippen molar-refractivity contribution in [2.75, 3.05) is 39.3 Å². The number of rotatable bonds is 14. The third-order valence-electron chi connectivity index (χ3n) is 8.04. The van der Waals surface area contributed by atoms with Gasteiger partial charge in [-0.25, -0.2) is 8.42 Å². The van der Waals surface area contributed by atoms with Gasteiger partial charge >= 0.3 is 0 Å². The predicted octanol–water partition coefficient (Wildman–Crippen LogP) is 5.05. The van der Waals surface area contributed by atoms with Crippen molar-refractivity contribution in [1.82, 2.24) is 10.2 Å². The summed E-state index contributed by atoms with van der Waals surface area (Å²) in [5.41, 5.74) is 0.664. The van der Waals surface area contributed by atoms with Crippen LogP contribution in [0.25, 0.3) is 0 Å². The monoisotopic (exact) mass is 673 g/mol. The number of amides is 2. The van der Waals surface area contributed by atoms with Gasteiger partial charge in [-0.05, 0) is 55.7 Å². The van der Waals surface area contributed by atoms with Crippen LogP contribution in [-0.4, -0.2) is 72.2 Å². The van der Waals surface area contributed by atoms with E-state index in [1.54, 1.807) is 43.3 Å². The van der Waals surface area contributed by atoms with E-state index < -0.39 is 28.5 Å². The molecule has 1 atom stereocenters. The van der Waals surface area contributed by atoms with Crippen molar-refractivity contribution >= 4 is 39.1 Å². The van der Waals surface area contributed by atoms with Gasteiger partial charge in [0.05, 0.1) is 39.0 Å². The van der Waals surface area contributed by atoms with Crippen molar-refractivity contribution in [3.8, 4) is 23.0 Å². The molecule has 1 aliphatic carbocycles. The molecule has 0 saturated heterocycles. The van der Waals surface area contributed by atoms with Crippen LogP contribution in [0.15, 0.2) is 65.6 Å². The molecule has 0 unspecified atom stereocenters. The van der Waals surface area contributed by atoms with Crippen molar-refractivity contribution in [1.29, 1.82) is 0 Å². The molecule has 0 heterocycles. The number of methoxy groups -OCH3 is 4. The molecule has 248 valence electrons. The highest BCUT2D eigenvalue weighted by atomic mass is 35.5. The van der Waals surface area contributed by atoms with Gasteiger partial charge in [0, 0.05) is 29.7 Å². The minimum absolute atomic E-state index is 0.0233. The molecule has 46 heavy (non-hydrogen) atoms. The largest absolute Gasteiger partial charge is 0.497 e. The number of ether oxygens (including phenoxy) is 4. The predicted molar refractivity (Wildman–Crippen MR) is 175 cm³/mol. The number of sulfonamides is 1. The maximum Gasteiger partial charge on any atom is 0.265 e. The Morgan fingerprint density at radius 2 is 1.54 bits per heavy atom. The van der Waals surface area contributed by atoms with Gasteiger partial charge in [0.1, 0.15) is 24.1 Å². The van der Waals surface area contributed by atoms with Crippen LogP contribution in [0.2, 0.25) is 5.02 Å². The molecular formula is C33H40ClN3O8S. The van der Waals surface area contributed by atoms with Gasteiger partial charge in [0.2, 0.25) is 11.8 Å². The van der Waals surface area contributed by atoms with Crippen LogP contribution in [0.3, 0.4) is 0 Å². The molecule has 13 heteroatoms. The first-order chi connectivity index (χ1) is 22.0. The quantitative estimate of drug-likeness (QED) is 0.252. The highest BCUT2D eigenvalue weighted by Crippen LogP contribution is 2.38. The lowest BCUT2D eigenvalue weighted by Crippen LogP contribution is -2.52. The molecule has 3 aromatic rings. The SMILES string of the molecule is COc1ccc(OC)c(N(CC(=O)N(Cc2ccccc2Cl)[C@H](C)C(=O)NC2CCCC2)S(=O)(=O)c2ccc(OC)c(OC)c2)c1. The van der Waals surface area contributed by atoms with Crippen LogP contribution in [0.5, 0.6) is 23.0 Å². The summed E-state index contributed by atoms with van der Waals surface area (Å²) in [6, 6.07) is 14.9. The molecule has 0 aliphatic heterocycles. The van der Waals surface area contributed by atoms with Gasteiger partial charge in [-0.1, -0.05) is 42.6 Å². The maximum atomic E-state index is 14.4. The van der Waals surface area contributed by atoms with E-state index in [1.165, 1.54) is 57.6 Å². The Labute approximate surface area is 275 Å². The van der Waals surface area contributed by atoms with Crippen LogP contribution in [-0.2, 0) is 26.2 Å². The summed E-state index contributed by atoms with van der Waals surface area (Å²) in [6.07, 6.45) is 3.77. The fourth-order valence-corrected chi connectivity index (χ4v) is 7.02. The zero-order valence-corrected chi connectivity index (χ0v) is 28.2. The van der Waals surface area contributed by atoms with E-state index in [-0.39, 0.29) is 40.6 Å². The fraction of sp³-hybridized carbons (Fsp3) is 0.394. The first-order valence-corrected chi connectivity index (χ1v) is 16.7. The lowest BCUT2D eigenvalue weighted by atomic mass is 10.1.